The second-order valence-electron chi connectivity index (χ2n) is 6.67. The van der Waals surface area contributed by atoms with Crippen LogP contribution in [0.1, 0.15) is 18.4 Å². The van der Waals surface area contributed by atoms with Crippen LogP contribution in [0.2, 0.25) is 5.02 Å². The third-order valence-corrected chi connectivity index (χ3v) is 6.93. The Hall–Kier alpha value is -2.36. The van der Waals surface area contributed by atoms with E-state index in [0.29, 0.717) is 19.2 Å². The summed E-state index contributed by atoms with van der Waals surface area (Å²) >= 11 is 6.04. The summed E-state index contributed by atoms with van der Waals surface area (Å²) in [6, 6.07) is 10.7. The van der Waals surface area contributed by atoms with E-state index in [9.17, 15) is 26.4 Å². The highest BCUT2D eigenvalue weighted by Crippen LogP contribution is 2.34. The second kappa shape index (κ2) is 8.79. The largest absolute Gasteiger partial charge is 0.417 e. The number of nitrogens with zero attached hydrogens (tertiary/aromatic N) is 1. The molecule has 0 saturated carbocycles. The number of hydrogen-bond donors (Lipinski definition) is 1. The predicted octanol–water partition coefficient (Wildman–Crippen LogP) is 4.71. The topological polar surface area (TPSA) is 66.5 Å². The molecule has 0 aromatic heterocycles. The Balaban J connectivity index is 1.89. The number of nitrogens with one attached hydrogen (secondary N) is 1. The smallest absolute Gasteiger partial charge is 0.322 e. The Morgan fingerprint density at radius 1 is 1.07 bits per heavy atom. The van der Waals surface area contributed by atoms with Crippen LogP contribution in [0.3, 0.4) is 0 Å². The number of hydrogen-bond acceptors (Lipinski definition) is 3. The summed E-state index contributed by atoms with van der Waals surface area (Å²) in [7, 11) is -3.86. The monoisotopic (exact) mass is 458 g/mol. The van der Waals surface area contributed by atoms with E-state index in [2.05, 4.69) is 5.32 Å². The lowest BCUT2D eigenvalue weighted by molar-refractivity contribution is -0.112. The van der Waals surface area contributed by atoms with Crippen LogP contribution in [0.25, 0.3) is 5.57 Å². The fourth-order valence-corrected chi connectivity index (χ4v) is 5.12. The van der Waals surface area contributed by atoms with Crippen molar-refractivity contribution in [3.63, 3.8) is 0 Å². The fraction of sp³-hybridized carbons (Fsp3) is 0.250. The van der Waals surface area contributed by atoms with E-state index in [-0.39, 0.29) is 21.2 Å². The van der Waals surface area contributed by atoms with Crippen molar-refractivity contribution in [3.05, 3.63) is 65.2 Å². The van der Waals surface area contributed by atoms with Crippen molar-refractivity contribution in [1.29, 1.82) is 0 Å². The molecule has 0 bridgehead atoms. The van der Waals surface area contributed by atoms with Gasteiger partial charge in [0.15, 0.2) is 0 Å². The van der Waals surface area contributed by atoms with Gasteiger partial charge in [0.25, 0.3) is 0 Å². The van der Waals surface area contributed by atoms with E-state index >= 15 is 0 Å². The minimum atomic E-state index is -4.75. The molecule has 1 N–H and O–H groups in total. The van der Waals surface area contributed by atoms with Gasteiger partial charge in [-0.1, -0.05) is 41.9 Å². The summed E-state index contributed by atoms with van der Waals surface area (Å²) < 4.78 is 67.0. The molecule has 0 atom stereocenters. The average molecular weight is 459 g/mol. The number of halogens is 4. The van der Waals surface area contributed by atoms with Gasteiger partial charge >= 0.3 is 6.18 Å². The van der Waals surface area contributed by atoms with E-state index in [1.807, 2.05) is 0 Å². The first-order valence-electron chi connectivity index (χ1n) is 9.04. The first kappa shape index (κ1) is 22.3. The van der Waals surface area contributed by atoms with Crippen LogP contribution in [0.5, 0.6) is 0 Å². The zero-order valence-electron chi connectivity index (χ0n) is 15.6. The molecule has 1 aliphatic rings. The van der Waals surface area contributed by atoms with Crippen molar-refractivity contribution in [3.8, 4) is 0 Å². The molecular formula is C20H18ClF3N2O3S. The van der Waals surface area contributed by atoms with E-state index in [1.54, 1.807) is 6.07 Å². The van der Waals surface area contributed by atoms with Crippen LogP contribution in [-0.4, -0.2) is 37.9 Å². The quantitative estimate of drug-likeness (QED) is 0.660. The van der Waals surface area contributed by atoms with Crippen LogP contribution < -0.4 is 5.32 Å². The van der Waals surface area contributed by atoms with Gasteiger partial charge in [0.2, 0.25) is 15.9 Å². The summed E-state index contributed by atoms with van der Waals surface area (Å²) in [5.41, 5.74) is -1.25. The molecule has 2 aromatic carbocycles. The first-order valence-corrected chi connectivity index (χ1v) is 10.9. The fourth-order valence-electron chi connectivity index (χ4n) is 3.10. The molecule has 3 rings (SSSR count). The average Bonchev–Trinajstić information content (AvgIpc) is 3.23. The second-order valence-corrected chi connectivity index (χ2v) is 8.98. The minimum Gasteiger partial charge on any atom is -0.322 e. The molecule has 0 radical (unpaired) electrons. The molecule has 1 saturated heterocycles. The SMILES string of the molecule is O=C(/C=C(\c1ccccc1)C(F)(F)F)Nc1ccc(Cl)c(S(=O)(=O)N2CCCC2)c1. The van der Waals surface area contributed by atoms with Gasteiger partial charge < -0.3 is 5.32 Å². The Morgan fingerprint density at radius 2 is 1.70 bits per heavy atom. The third kappa shape index (κ3) is 5.03. The van der Waals surface area contributed by atoms with E-state index < -0.39 is 27.7 Å². The highest BCUT2D eigenvalue weighted by atomic mass is 35.5. The lowest BCUT2D eigenvalue weighted by Crippen LogP contribution is -2.28. The number of allylic oxidation sites excluding steroid dienone is 1. The van der Waals surface area contributed by atoms with Crippen molar-refractivity contribution in [1.82, 2.24) is 4.31 Å². The number of amides is 1. The normalized spacial score (nSPS) is 15.9. The molecule has 2 aromatic rings. The molecular weight excluding hydrogens is 441 g/mol. The maximum atomic E-state index is 13.4. The van der Waals surface area contributed by atoms with Crippen LogP contribution in [0, 0.1) is 0 Å². The van der Waals surface area contributed by atoms with Crippen LogP contribution >= 0.6 is 11.6 Å². The Morgan fingerprint density at radius 3 is 2.30 bits per heavy atom. The first-order chi connectivity index (χ1) is 14.1. The number of sulfonamides is 1. The summed E-state index contributed by atoms with van der Waals surface area (Å²) in [4.78, 5) is 12.1. The van der Waals surface area contributed by atoms with Gasteiger partial charge in [0.05, 0.1) is 10.6 Å². The van der Waals surface area contributed by atoms with Crippen LogP contribution in [-0.2, 0) is 14.8 Å². The van der Waals surface area contributed by atoms with Gasteiger partial charge in [-0.3, -0.25) is 4.79 Å². The van der Waals surface area contributed by atoms with Crippen molar-refractivity contribution in [2.24, 2.45) is 0 Å². The zero-order chi connectivity index (χ0) is 21.9. The number of anilines is 1. The zero-order valence-corrected chi connectivity index (χ0v) is 17.2. The predicted molar refractivity (Wildman–Crippen MR) is 109 cm³/mol. The Labute approximate surface area is 177 Å². The van der Waals surface area contributed by atoms with Gasteiger partial charge in [0, 0.05) is 24.9 Å². The Kier molecular flexibility index (Phi) is 6.54. The molecule has 0 aliphatic carbocycles. The lowest BCUT2D eigenvalue weighted by Gasteiger charge is -2.17. The summed E-state index contributed by atoms with van der Waals surface area (Å²) in [5.74, 6) is -1.04. The van der Waals surface area contributed by atoms with Crippen molar-refractivity contribution >= 4 is 38.8 Å². The molecule has 0 spiro atoms. The van der Waals surface area contributed by atoms with E-state index in [0.717, 1.165) is 18.9 Å². The maximum Gasteiger partial charge on any atom is 0.417 e. The molecule has 30 heavy (non-hydrogen) atoms. The number of alkyl halides is 3. The highest BCUT2D eigenvalue weighted by Gasteiger charge is 2.35. The van der Waals surface area contributed by atoms with Crippen molar-refractivity contribution < 1.29 is 26.4 Å². The molecule has 0 unspecified atom stereocenters. The summed E-state index contributed by atoms with van der Waals surface area (Å²) in [6.45, 7) is 0.730. The van der Waals surface area contributed by atoms with Crippen molar-refractivity contribution in [2.75, 3.05) is 18.4 Å². The van der Waals surface area contributed by atoms with Crippen LogP contribution in [0.4, 0.5) is 18.9 Å². The number of carbonyl (C=O) groups excluding carboxylic acids is 1. The standard InChI is InChI=1S/C20H18ClF3N2O3S/c21-17-9-8-15(12-18(17)30(28,29)26-10-4-5-11-26)25-19(27)13-16(20(22,23)24)14-6-2-1-3-7-14/h1-3,6-9,12-13H,4-5,10-11H2,(H,25,27)/b16-13+. The minimum absolute atomic E-state index is 0.0213. The summed E-state index contributed by atoms with van der Waals surface area (Å²) in [6.07, 6.45) is -2.84. The lowest BCUT2D eigenvalue weighted by atomic mass is 10.1. The maximum absolute atomic E-state index is 13.4. The molecule has 1 aliphatic heterocycles. The number of carbonyl (C=O) groups is 1. The number of rotatable bonds is 5. The van der Waals surface area contributed by atoms with Gasteiger partial charge in [-0.05, 0) is 36.6 Å². The van der Waals surface area contributed by atoms with Crippen molar-refractivity contribution in [2.45, 2.75) is 23.9 Å². The summed E-state index contributed by atoms with van der Waals surface area (Å²) in [5, 5.41) is 2.26. The van der Waals surface area contributed by atoms with Gasteiger partial charge in [-0.2, -0.15) is 17.5 Å². The van der Waals surface area contributed by atoms with Gasteiger partial charge in [-0.25, -0.2) is 8.42 Å². The molecule has 1 fully saturated rings. The van der Waals surface area contributed by atoms with E-state index in [4.69, 9.17) is 11.6 Å². The van der Waals surface area contributed by atoms with Crippen LogP contribution in [0.15, 0.2) is 59.5 Å². The van der Waals surface area contributed by atoms with Gasteiger partial charge in [-0.15, -0.1) is 0 Å². The van der Waals surface area contributed by atoms with E-state index in [1.165, 1.54) is 40.7 Å². The third-order valence-electron chi connectivity index (χ3n) is 4.55. The molecule has 5 nitrogen and oxygen atoms in total. The van der Waals surface area contributed by atoms with Gasteiger partial charge in [0.1, 0.15) is 4.90 Å². The highest BCUT2D eigenvalue weighted by molar-refractivity contribution is 7.89. The molecule has 1 heterocycles. The number of benzene rings is 2. The molecule has 160 valence electrons. The Bertz CT molecular complexity index is 1060. The molecule has 10 heteroatoms. The molecule has 1 amide bonds.